The lowest BCUT2D eigenvalue weighted by Gasteiger charge is -2.22. The average Bonchev–Trinajstić information content (AvgIpc) is 2.43. The van der Waals surface area contributed by atoms with Crippen molar-refractivity contribution in [1.82, 2.24) is 0 Å². The van der Waals surface area contributed by atoms with Gasteiger partial charge in [0.05, 0.1) is 12.8 Å². The maximum absolute atomic E-state index is 11.5. The number of hydrogen-bond donors (Lipinski definition) is 3. The standard InChI is InChI=1S/C12H16O9/c1-3-7(2)10(17)20-11(18)12(19,6-13)21-9(16)5-4-8(14)15/h3,13,19H,4-6H2,1-2H3,(H,14,15)/b7-3+. The smallest absolute Gasteiger partial charge is 0.390 e. The van der Waals surface area contributed by atoms with E-state index in [1.165, 1.54) is 19.9 Å². The van der Waals surface area contributed by atoms with Crippen molar-refractivity contribution in [2.75, 3.05) is 6.61 Å². The fourth-order valence-electron chi connectivity index (χ4n) is 0.949. The first-order valence-electron chi connectivity index (χ1n) is 5.82. The topological polar surface area (TPSA) is 147 Å². The number of carbonyl (C=O) groups is 4. The lowest BCUT2D eigenvalue weighted by Crippen LogP contribution is -2.48. The predicted octanol–water partition coefficient (Wildman–Crippen LogP) is -0.889. The molecule has 0 spiro atoms. The number of carboxylic acids is 1. The molecule has 0 aliphatic rings. The molecule has 118 valence electrons. The number of aliphatic hydroxyl groups excluding tert-OH is 1. The fourth-order valence-corrected chi connectivity index (χ4v) is 0.949. The number of aliphatic carboxylic acids is 1. The predicted molar refractivity (Wildman–Crippen MR) is 65.5 cm³/mol. The maximum atomic E-state index is 11.5. The van der Waals surface area contributed by atoms with Crippen molar-refractivity contribution in [2.45, 2.75) is 32.5 Å². The van der Waals surface area contributed by atoms with Crippen LogP contribution in [0.2, 0.25) is 0 Å². The van der Waals surface area contributed by atoms with Gasteiger partial charge in [0, 0.05) is 5.57 Å². The molecule has 0 saturated carbocycles. The molecule has 1 atom stereocenters. The molecule has 0 heterocycles. The Morgan fingerprint density at radius 2 is 1.76 bits per heavy atom. The van der Waals surface area contributed by atoms with E-state index >= 15 is 0 Å². The minimum atomic E-state index is -3.07. The molecule has 0 aromatic heterocycles. The molecule has 21 heavy (non-hydrogen) atoms. The number of rotatable bonds is 7. The molecule has 9 nitrogen and oxygen atoms in total. The normalized spacial score (nSPS) is 14.0. The largest absolute Gasteiger partial charge is 0.481 e. The van der Waals surface area contributed by atoms with E-state index in [0.29, 0.717) is 0 Å². The van der Waals surface area contributed by atoms with Crippen molar-refractivity contribution in [2.24, 2.45) is 0 Å². The van der Waals surface area contributed by atoms with Gasteiger partial charge in [-0.05, 0) is 13.8 Å². The van der Waals surface area contributed by atoms with E-state index in [9.17, 15) is 24.3 Å². The summed E-state index contributed by atoms with van der Waals surface area (Å²) in [6, 6.07) is 0. The van der Waals surface area contributed by atoms with E-state index in [0.717, 1.165) is 0 Å². The molecule has 0 aromatic carbocycles. The Morgan fingerprint density at radius 1 is 1.19 bits per heavy atom. The van der Waals surface area contributed by atoms with Gasteiger partial charge in [-0.25, -0.2) is 9.59 Å². The lowest BCUT2D eigenvalue weighted by atomic mass is 10.2. The molecule has 0 bridgehead atoms. The molecule has 0 amide bonds. The highest BCUT2D eigenvalue weighted by atomic mass is 16.7. The van der Waals surface area contributed by atoms with Crippen LogP contribution in [0, 0.1) is 0 Å². The Kier molecular flexibility index (Phi) is 7.25. The first kappa shape index (κ1) is 18.7. The third kappa shape index (κ3) is 6.15. The molecule has 1 unspecified atom stereocenters. The van der Waals surface area contributed by atoms with E-state index in [1.54, 1.807) is 0 Å². The summed E-state index contributed by atoms with van der Waals surface area (Å²) in [5, 5.41) is 26.9. The van der Waals surface area contributed by atoms with Gasteiger partial charge in [-0.1, -0.05) is 6.08 Å². The molecule has 3 N–H and O–H groups in total. The summed E-state index contributed by atoms with van der Waals surface area (Å²) in [7, 11) is 0. The molecular weight excluding hydrogens is 288 g/mol. The zero-order valence-electron chi connectivity index (χ0n) is 11.5. The molecule has 0 aliphatic heterocycles. The summed E-state index contributed by atoms with van der Waals surface area (Å²) in [6.07, 6.45) is 0.116. The molecular formula is C12H16O9. The zero-order valence-corrected chi connectivity index (χ0v) is 11.5. The first-order chi connectivity index (χ1) is 9.66. The Labute approximate surface area is 119 Å². The third-order valence-corrected chi connectivity index (χ3v) is 2.30. The number of ether oxygens (including phenoxy) is 2. The SMILES string of the molecule is C/C=C(\C)C(=O)OC(=O)C(O)(CO)OC(=O)CCC(=O)O. The van der Waals surface area contributed by atoms with Crippen LogP contribution in [0.25, 0.3) is 0 Å². The van der Waals surface area contributed by atoms with E-state index in [2.05, 4.69) is 9.47 Å². The number of carbonyl (C=O) groups excluding carboxylic acids is 3. The summed E-state index contributed by atoms with van der Waals surface area (Å²) in [6.45, 7) is 1.49. The highest BCUT2D eigenvalue weighted by Crippen LogP contribution is 2.12. The molecule has 0 aromatic rings. The van der Waals surface area contributed by atoms with Crippen LogP contribution in [0.3, 0.4) is 0 Å². The van der Waals surface area contributed by atoms with E-state index in [1.807, 2.05) is 0 Å². The quantitative estimate of drug-likeness (QED) is 0.236. The van der Waals surface area contributed by atoms with Gasteiger partial charge in [0.2, 0.25) is 0 Å². The van der Waals surface area contributed by atoms with Crippen molar-refractivity contribution in [3.63, 3.8) is 0 Å². The highest BCUT2D eigenvalue weighted by molar-refractivity contribution is 5.98. The van der Waals surface area contributed by atoms with Crippen molar-refractivity contribution in [3.05, 3.63) is 11.6 Å². The van der Waals surface area contributed by atoms with E-state index in [4.69, 9.17) is 10.2 Å². The summed E-state index contributed by atoms with van der Waals surface area (Å²) >= 11 is 0. The van der Waals surface area contributed by atoms with Gasteiger partial charge in [0.15, 0.2) is 0 Å². The van der Waals surface area contributed by atoms with Crippen molar-refractivity contribution < 1.29 is 44.0 Å². The van der Waals surface area contributed by atoms with Gasteiger partial charge in [-0.3, -0.25) is 9.59 Å². The van der Waals surface area contributed by atoms with Crippen LogP contribution in [0.15, 0.2) is 11.6 Å². The highest BCUT2D eigenvalue weighted by Gasteiger charge is 2.43. The van der Waals surface area contributed by atoms with Crippen LogP contribution >= 0.6 is 0 Å². The lowest BCUT2D eigenvalue weighted by molar-refractivity contribution is -0.235. The number of allylic oxidation sites excluding steroid dienone is 1. The first-order valence-corrected chi connectivity index (χ1v) is 5.82. The van der Waals surface area contributed by atoms with Gasteiger partial charge >= 0.3 is 29.7 Å². The minimum Gasteiger partial charge on any atom is -0.481 e. The Balaban J connectivity index is 4.78. The van der Waals surface area contributed by atoms with Crippen LogP contribution in [-0.4, -0.2) is 51.6 Å². The summed E-state index contributed by atoms with van der Waals surface area (Å²) in [5.74, 6) is -8.38. The Morgan fingerprint density at radius 3 is 2.19 bits per heavy atom. The van der Waals surface area contributed by atoms with Gasteiger partial charge in [-0.15, -0.1) is 0 Å². The number of aliphatic hydroxyl groups is 2. The maximum Gasteiger partial charge on any atom is 0.390 e. The van der Waals surface area contributed by atoms with Crippen molar-refractivity contribution in [1.29, 1.82) is 0 Å². The van der Waals surface area contributed by atoms with Gasteiger partial charge in [0.25, 0.3) is 0 Å². The molecule has 0 aliphatic carbocycles. The number of carboxylic acid groups (broad SMARTS) is 1. The van der Waals surface area contributed by atoms with Crippen LogP contribution < -0.4 is 0 Å². The van der Waals surface area contributed by atoms with Crippen LogP contribution in [0.5, 0.6) is 0 Å². The number of esters is 3. The average molecular weight is 304 g/mol. The van der Waals surface area contributed by atoms with Crippen molar-refractivity contribution in [3.8, 4) is 0 Å². The van der Waals surface area contributed by atoms with Crippen LogP contribution in [0.1, 0.15) is 26.7 Å². The molecule has 0 saturated heterocycles. The summed E-state index contributed by atoms with van der Waals surface area (Å²) in [5.41, 5.74) is 0.0563. The van der Waals surface area contributed by atoms with Gasteiger partial charge < -0.3 is 24.8 Å². The second-order valence-corrected chi connectivity index (χ2v) is 3.96. The fraction of sp³-hybridized carbons (Fsp3) is 0.500. The number of hydrogen-bond acceptors (Lipinski definition) is 8. The third-order valence-electron chi connectivity index (χ3n) is 2.30. The minimum absolute atomic E-state index is 0.0563. The van der Waals surface area contributed by atoms with E-state index in [-0.39, 0.29) is 5.57 Å². The Hall–Kier alpha value is -2.26. The second kappa shape index (κ2) is 8.12. The van der Waals surface area contributed by atoms with Gasteiger partial charge in [0.1, 0.15) is 6.61 Å². The molecule has 9 heteroatoms. The van der Waals surface area contributed by atoms with Crippen LogP contribution in [-0.2, 0) is 28.7 Å². The Bertz CT molecular complexity index is 465. The van der Waals surface area contributed by atoms with Crippen LogP contribution in [0.4, 0.5) is 0 Å². The zero-order chi connectivity index (χ0) is 16.6. The molecule has 0 rings (SSSR count). The summed E-state index contributed by atoms with van der Waals surface area (Å²) < 4.78 is 8.51. The summed E-state index contributed by atoms with van der Waals surface area (Å²) in [4.78, 5) is 44.4. The second-order valence-electron chi connectivity index (χ2n) is 3.96. The van der Waals surface area contributed by atoms with Gasteiger partial charge in [-0.2, -0.15) is 0 Å². The molecule has 0 radical (unpaired) electrons. The van der Waals surface area contributed by atoms with E-state index < -0.39 is 49.1 Å². The monoisotopic (exact) mass is 304 g/mol. The van der Waals surface area contributed by atoms with Crippen molar-refractivity contribution >= 4 is 23.9 Å². The molecule has 0 fully saturated rings.